The summed E-state index contributed by atoms with van der Waals surface area (Å²) in [6, 6.07) is 0. The average molecular weight is 362 g/mol. The molecule has 144 valence electrons. The van der Waals surface area contributed by atoms with Crippen LogP contribution < -0.4 is 0 Å². The molecule has 0 aromatic rings. The number of ketones is 3. The van der Waals surface area contributed by atoms with E-state index >= 15 is 0 Å². The Balaban J connectivity index is 3.51. The first-order valence-corrected chi connectivity index (χ1v) is 8.96. The van der Waals surface area contributed by atoms with E-state index in [0.717, 1.165) is 11.1 Å². The van der Waals surface area contributed by atoms with E-state index < -0.39 is 40.2 Å². The number of rotatable bonds is 7. The van der Waals surface area contributed by atoms with E-state index in [1.807, 2.05) is 27.7 Å². The van der Waals surface area contributed by atoms with Crippen LogP contribution in [0.1, 0.15) is 60.8 Å². The van der Waals surface area contributed by atoms with Crippen molar-refractivity contribution in [2.24, 2.45) is 11.8 Å². The zero-order valence-electron chi connectivity index (χ0n) is 16.5. The number of hydrogen-bond donors (Lipinski definition) is 2. The standard InChI is InChI=1S/C21H30O5/c1-12(2)7-8-15-18(23)17(16(22)11-14(5)6)20(25)21(26,19(15)24)10-9-13(3)4/h7,9,14-15,25-26H,8,10-11H2,1-6H3/t15-,21-/m0/s1. The van der Waals surface area contributed by atoms with Crippen molar-refractivity contribution in [3.63, 3.8) is 0 Å². The minimum Gasteiger partial charge on any atom is -0.508 e. The first-order chi connectivity index (χ1) is 11.9. The number of carbonyl (C=O) groups is 3. The minimum absolute atomic E-state index is 0.0182. The van der Waals surface area contributed by atoms with E-state index in [0.29, 0.717) is 0 Å². The maximum atomic E-state index is 12.8. The van der Waals surface area contributed by atoms with E-state index in [9.17, 15) is 24.6 Å². The van der Waals surface area contributed by atoms with Crippen LogP contribution in [-0.2, 0) is 14.4 Å². The molecule has 0 amide bonds. The van der Waals surface area contributed by atoms with E-state index in [-0.39, 0.29) is 25.2 Å². The highest BCUT2D eigenvalue weighted by Gasteiger charge is 2.53. The van der Waals surface area contributed by atoms with Crippen molar-refractivity contribution in [1.82, 2.24) is 0 Å². The second-order valence-corrected chi connectivity index (χ2v) is 7.89. The van der Waals surface area contributed by atoms with Gasteiger partial charge in [-0.1, -0.05) is 37.1 Å². The fraction of sp³-hybridized carbons (Fsp3) is 0.571. The first-order valence-electron chi connectivity index (χ1n) is 8.96. The Hall–Kier alpha value is -2.01. The molecule has 0 heterocycles. The molecule has 0 unspecified atom stereocenters. The molecule has 2 atom stereocenters. The Morgan fingerprint density at radius 3 is 2.12 bits per heavy atom. The van der Waals surface area contributed by atoms with Crippen molar-refractivity contribution in [1.29, 1.82) is 0 Å². The van der Waals surface area contributed by atoms with Crippen LogP contribution in [0.4, 0.5) is 0 Å². The molecule has 2 N–H and O–H groups in total. The Morgan fingerprint density at radius 1 is 1.12 bits per heavy atom. The predicted molar refractivity (Wildman–Crippen MR) is 101 cm³/mol. The van der Waals surface area contributed by atoms with Crippen molar-refractivity contribution in [3.05, 3.63) is 34.6 Å². The van der Waals surface area contributed by atoms with E-state index in [1.165, 1.54) is 0 Å². The molecule has 0 radical (unpaired) electrons. The van der Waals surface area contributed by atoms with Crippen molar-refractivity contribution >= 4 is 17.3 Å². The lowest BCUT2D eigenvalue weighted by atomic mass is 9.71. The monoisotopic (exact) mass is 362 g/mol. The Kier molecular flexibility index (Phi) is 7.27. The molecule has 1 rings (SSSR count). The molecule has 5 nitrogen and oxygen atoms in total. The van der Waals surface area contributed by atoms with Gasteiger partial charge in [-0.3, -0.25) is 14.4 Å². The van der Waals surface area contributed by atoms with Gasteiger partial charge in [-0.25, -0.2) is 0 Å². The highest BCUT2D eigenvalue weighted by Crippen LogP contribution is 2.36. The first kappa shape index (κ1) is 22.0. The third-order valence-electron chi connectivity index (χ3n) is 4.36. The number of aliphatic hydroxyl groups is 2. The van der Waals surface area contributed by atoms with Crippen LogP contribution in [0.25, 0.3) is 0 Å². The summed E-state index contributed by atoms with van der Waals surface area (Å²) in [6.45, 7) is 10.9. The molecule has 5 heteroatoms. The molecule has 0 spiro atoms. The Morgan fingerprint density at radius 2 is 1.65 bits per heavy atom. The number of aliphatic hydroxyl groups excluding tert-OH is 1. The van der Waals surface area contributed by atoms with E-state index in [2.05, 4.69) is 0 Å². The van der Waals surface area contributed by atoms with Crippen LogP contribution in [0.5, 0.6) is 0 Å². The Bertz CT molecular complexity index is 685. The zero-order chi connectivity index (χ0) is 20.2. The van der Waals surface area contributed by atoms with Crippen LogP contribution in [0.2, 0.25) is 0 Å². The van der Waals surface area contributed by atoms with Gasteiger partial charge in [0.1, 0.15) is 11.3 Å². The summed E-state index contributed by atoms with van der Waals surface area (Å²) in [7, 11) is 0. The molecule has 0 aromatic carbocycles. The van der Waals surface area contributed by atoms with Crippen molar-refractivity contribution < 1.29 is 24.6 Å². The number of Topliss-reactive ketones (excluding diaryl/α,β-unsaturated/α-hetero) is 3. The zero-order valence-corrected chi connectivity index (χ0v) is 16.5. The van der Waals surface area contributed by atoms with Gasteiger partial charge in [-0.15, -0.1) is 0 Å². The van der Waals surface area contributed by atoms with Gasteiger partial charge in [0, 0.05) is 12.8 Å². The molecule has 0 fully saturated rings. The molecular weight excluding hydrogens is 332 g/mol. The molecule has 26 heavy (non-hydrogen) atoms. The third kappa shape index (κ3) is 4.79. The quantitative estimate of drug-likeness (QED) is 0.410. The third-order valence-corrected chi connectivity index (χ3v) is 4.36. The van der Waals surface area contributed by atoms with Gasteiger partial charge in [0.25, 0.3) is 0 Å². The van der Waals surface area contributed by atoms with Gasteiger partial charge in [0.2, 0.25) is 0 Å². The summed E-state index contributed by atoms with van der Waals surface area (Å²) >= 11 is 0. The van der Waals surface area contributed by atoms with Crippen molar-refractivity contribution in [2.45, 2.75) is 66.4 Å². The smallest absolute Gasteiger partial charge is 0.184 e. The largest absolute Gasteiger partial charge is 0.508 e. The topological polar surface area (TPSA) is 91.7 Å². The highest BCUT2D eigenvalue weighted by molar-refractivity contribution is 6.29. The average Bonchev–Trinajstić information content (AvgIpc) is 2.50. The second-order valence-electron chi connectivity index (χ2n) is 7.89. The van der Waals surface area contributed by atoms with Crippen molar-refractivity contribution in [2.75, 3.05) is 0 Å². The lowest BCUT2D eigenvalue weighted by Gasteiger charge is -2.34. The number of allylic oxidation sites excluding steroid dienone is 4. The maximum Gasteiger partial charge on any atom is 0.184 e. The SMILES string of the molecule is CC(C)=CC[C@H]1C(=O)C(C(=O)CC(C)C)=C(O)[C@](O)(CC=C(C)C)C1=O. The van der Waals surface area contributed by atoms with E-state index in [1.54, 1.807) is 26.0 Å². The fourth-order valence-electron chi connectivity index (χ4n) is 2.88. The summed E-state index contributed by atoms with van der Waals surface area (Å²) in [5.41, 5.74) is -0.887. The summed E-state index contributed by atoms with van der Waals surface area (Å²) in [4.78, 5) is 38.2. The van der Waals surface area contributed by atoms with Gasteiger partial charge in [-0.05, 0) is 40.0 Å². The molecule has 1 aliphatic carbocycles. The summed E-state index contributed by atoms with van der Waals surface area (Å²) in [5.74, 6) is -3.97. The lowest BCUT2D eigenvalue weighted by molar-refractivity contribution is -0.147. The predicted octanol–water partition coefficient (Wildman–Crippen LogP) is 3.63. The van der Waals surface area contributed by atoms with Gasteiger partial charge in [0.05, 0.1) is 5.92 Å². The highest BCUT2D eigenvalue weighted by atomic mass is 16.3. The maximum absolute atomic E-state index is 12.8. The number of carbonyl (C=O) groups excluding carboxylic acids is 3. The van der Waals surface area contributed by atoms with Gasteiger partial charge in [0.15, 0.2) is 23.0 Å². The molecule has 1 aliphatic rings. The molecule has 0 aromatic heterocycles. The summed E-state index contributed by atoms with van der Waals surface area (Å²) < 4.78 is 0. The van der Waals surface area contributed by atoms with Gasteiger partial charge >= 0.3 is 0 Å². The van der Waals surface area contributed by atoms with Gasteiger partial charge in [-0.2, -0.15) is 0 Å². The molecule has 0 saturated heterocycles. The van der Waals surface area contributed by atoms with E-state index in [4.69, 9.17) is 0 Å². The van der Waals surface area contributed by atoms with Crippen LogP contribution >= 0.6 is 0 Å². The fourth-order valence-corrected chi connectivity index (χ4v) is 2.88. The van der Waals surface area contributed by atoms with Gasteiger partial charge < -0.3 is 10.2 Å². The molecule has 0 saturated carbocycles. The van der Waals surface area contributed by atoms with Crippen molar-refractivity contribution in [3.8, 4) is 0 Å². The number of hydrogen-bond acceptors (Lipinski definition) is 5. The molecule has 0 bridgehead atoms. The van der Waals surface area contributed by atoms with Crippen LogP contribution in [0.15, 0.2) is 34.6 Å². The Labute approximate surface area is 155 Å². The van der Waals surface area contributed by atoms with Crippen LogP contribution in [-0.4, -0.2) is 33.2 Å². The molecule has 0 aliphatic heterocycles. The minimum atomic E-state index is -2.24. The summed E-state index contributed by atoms with van der Waals surface area (Å²) in [5, 5.41) is 21.5. The normalized spacial score (nSPS) is 23.3. The second kappa shape index (κ2) is 8.58. The molecular formula is C21H30O5. The van der Waals surface area contributed by atoms with Crippen LogP contribution in [0.3, 0.4) is 0 Å². The lowest BCUT2D eigenvalue weighted by Crippen LogP contribution is -2.52. The van der Waals surface area contributed by atoms with Crippen LogP contribution in [0, 0.1) is 11.8 Å². The summed E-state index contributed by atoms with van der Waals surface area (Å²) in [6.07, 6.45) is 3.34.